The molecule has 0 aliphatic carbocycles. The molecule has 0 spiro atoms. The number of amides is 1. The number of pyridine rings is 2. The van der Waals surface area contributed by atoms with E-state index in [1.807, 2.05) is 32.0 Å². The molecule has 0 aromatic carbocycles. The summed E-state index contributed by atoms with van der Waals surface area (Å²) in [5.41, 5.74) is 1.91. The molecule has 4 aromatic rings. The zero-order valence-electron chi connectivity index (χ0n) is 19.9. The third-order valence-electron chi connectivity index (χ3n) is 5.44. The van der Waals surface area contributed by atoms with Crippen molar-refractivity contribution in [2.45, 2.75) is 39.9 Å². The molecule has 8 nitrogen and oxygen atoms in total. The third-order valence-corrected chi connectivity index (χ3v) is 6.90. The molecule has 178 valence electrons. The Morgan fingerprint density at radius 2 is 2.09 bits per heavy atom. The smallest absolute Gasteiger partial charge is 0.274 e. The van der Waals surface area contributed by atoms with Crippen molar-refractivity contribution in [2.75, 3.05) is 6.54 Å². The van der Waals surface area contributed by atoms with Crippen LogP contribution in [0.15, 0.2) is 41.5 Å². The van der Waals surface area contributed by atoms with Crippen LogP contribution < -0.4 is 15.6 Å². The predicted molar refractivity (Wildman–Crippen MR) is 133 cm³/mol. The van der Waals surface area contributed by atoms with Gasteiger partial charge in [0.05, 0.1) is 16.2 Å². The highest BCUT2D eigenvalue weighted by Crippen LogP contribution is 2.44. The van der Waals surface area contributed by atoms with Gasteiger partial charge in [0, 0.05) is 41.8 Å². The molecule has 4 heterocycles. The van der Waals surface area contributed by atoms with E-state index in [0.717, 1.165) is 26.6 Å². The van der Waals surface area contributed by atoms with E-state index in [2.05, 4.69) is 15.3 Å². The third kappa shape index (κ3) is 4.62. The molecule has 0 atom stereocenters. The van der Waals surface area contributed by atoms with Crippen LogP contribution in [0.25, 0.3) is 21.3 Å². The van der Waals surface area contributed by atoms with Crippen molar-refractivity contribution < 1.29 is 14.6 Å². The van der Waals surface area contributed by atoms with Gasteiger partial charge in [-0.3, -0.25) is 14.6 Å². The quantitative estimate of drug-likeness (QED) is 0.372. The van der Waals surface area contributed by atoms with Crippen LogP contribution in [0.1, 0.15) is 47.4 Å². The number of fused-ring (bicyclic) bond motifs is 1. The molecule has 0 unspecified atom stereocenters. The minimum absolute atomic E-state index is 0.236. The van der Waals surface area contributed by atoms with E-state index >= 15 is 0 Å². The van der Waals surface area contributed by atoms with Crippen LogP contribution in [0.5, 0.6) is 5.75 Å². The number of aliphatic hydroxyl groups is 1. The molecular formula is C25H28N4O4S. The minimum Gasteiger partial charge on any atom is -0.486 e. The minimum atomic E-state index is -1.08. The largest absolute Gasteiger partial charge is 0.486 e. The number of carbonyl (C=O) groups excluding carboxylic acids is 1. The van der Waals surface area contributed by atoms with Crippen molar-refractivity contribution in [3.05, 3.63) is 68.8 Å². The summed E-state index contributed by atoms with van der Waals surface area (Å²) in [5, 5.41) is 14.0. The van der Waals surface area contributed by atoms with Crippen LogP contribution in [0.4, 0.5) is 0 Å². The molecule has 9 heteroatoms. The van der Waals surface area contributed by atoms with Gasteiger partial charge >= 0.3 is 0 Å². The lowest BCUT2D eigenvalue weighted by molar-refractivity contribution is 0.0823. The number of hydrogen-bond acceptors (Lipinski definition) is 6. The first-order chi connectivity index (χ1) is 16.1. The SMILES string of the molecule is CCNC(=O)c1cc2c(-c3sc(C(C)(C)O)cc3OCc3ccc(C)cn3)cn(C)c(=O)c2[nH]1. The molecule has 0 saturated heterocycles. The van der Waals surface area contributed by atoms with Crippen molar-refractivity contribution in [1.29, 1.82) is 0 Å². The van der Waals surface area contributed by atoms with Gasteiger partial charge in [0.1, 0.15) is 23.6 Å². The molecule has 1 amide bonds. The Bertz CT molecular complexity index is 1410. The average Bonchev–Trinajstić information content (AvgIpc) is 3.41. The number of H-pyrrole nitrogens is 1. The van der Waals surface area contributed by atoms with Gasteiger partial charge in [-0.2, -0.15) is 0 Å². The fourth-order valence-electron chi connectivity index (χ4n) is 3.60. The van der Waals surface area contributed by atoms with Crippen LogP contribution in [0.3, 0.4) is 0 Å². The van der Waals surface area contributed by atoms with Crippen molar-refractivity contribution in [2.24, 2.45) is 7.05 Å². The fourth-order valence-corrected chi connectivity index (χ4v) is 4.73. The number of rotatable bonds is 7. The van der Waals surface area contributed by atoms with Gasteiger partial charge in [-0.05, 0) is 51.5 Å². The number of ether oxygens (including phenoxy) is 1. The van der Waals surface area contributed by atoms with Gasteiger partial charge in [0.25, 0.3) is 11.5 Å². The Balaban J connectivity index is 1.85. The maximum absolute atomic E-state index is 12.8. The topological polar surface area (TPSA) is 109 Å². The van der Waals surface area contributed by atoms with Gasteiger partial charge in [-0.1, -0.05) is 6.07 Å². The predicted octanol–water partition coefficient (Wildman–Crippen LogP) is 3.85. The maximum atomic E-state index is 12.8. The molecule has 3 N–H and O–H groups in total. The Hall–Kier alpha value is -3.43. The Kier molecular flexibility index (Phi) is 6.33. The van der Waals surface area contributed by atoms with Gasteiger partial charge in [-0.25, -0.2) is 0 Å². The first-order valence-electron chi connectivity index (χ1n) is 11.0. The highest BCUT2D eigenvalue weighted by atomic mass is 32.1. The Morgan fingerprint density at radius 1 is 1.32 bits per heavy atom. The Labute approximate surface area is 201 Å². The average molecular weight is 481 g/mol. The van der Waals surface area contributed by atoms with Crippen molar-refractivity contribution in [3.63, 3.8) is 0 Å². The summed E-state index contributed by atoms with van der Waals surface area (Å²) in [6.45, 7) is 7.97. The first-order valence-corrected chi connectivity index (χ1v) is 11.8. The van der Waals surface area contributed by atoms with Crippen LogP contribution in [-0.2, 0) is 19.3 Å². The summed E-state index contributed by atoms with van der Waals surface area (Å²) >= 11 is 1.39. The summed E-state index contributed by atoms with van der Waals surface area (Å²) in [6.07, 6.45) is 3.52. The van der Waals surface area contributed by atoms with E-state index in [0.29, 0.717) is 28.9 Å². The number of hydrogen-bond donors (Lipinski definition) is 3. The van der Waals surface area contributed by atoms with Crippen molar-refractivity contribution >= 4 is 28.1 Å². The number of aromatic amines is 1. The summed E-state index contributed by atoms with van der Waals surface area (Å²) in [5.74, 6) is 0.294. The summed E-state index contributed by atoms with van der Waals surface area (Å²) in [7, 11) is 1.67. The van der Waals surface area contributed by atoms with E-state index in [1.54, 1.807) is 39.4 Å². The summed E-state index contributed by atoms with van der Waals surface area (Å²) < 4.78 is 7.64. The molecule has 0 fully saturated rings. The monoisotopic (exact) mass is 480 g/mol. The Morgan fingerprint density at radius 3 is 2.74 bits per heavy atom. The second-order valence-electron chi connectivity index (χ2n) is 8.77. The number of aryl methyl sites for hydroxylation is 2. The van der Waals surface area contributed by atoms with Crippen LogP contribution >= 0.6 is 11.3 Å². The number of nitrogens with one attached hydrogen (secondary N) is 2. The van der Waals surface area contributed by atoms with Gasteiger partial charge < -0.3 is 24.7 Å². The lowest BCUT2D eigenvalue weighted by Gasteiger charge is -2.13. The fraction of sp³-hybridized carbons (Fsp3) is 0.320. The lowest BCUT2D eigenvalue weighted by Crippen LogP contribution is -2.23. The number of nitrogens with zero attached hydrogens (tertiary/aromatic N) is 2. The van der Waals surface area contributed by atoms with Gasteiger partial charge in [0.2, 0.25) is 0 Å². The van der Waals surface area contributed by atoms with Crippen LogP contribution in [0.2, 0.25) is 0 Å². The second-order valence-corrected chi connectivity index (χ2v) is 9.82. The van der Waals surface area contributed by atoms with Gasteiger partial charge in [-0.15, -0.1) is 11.3 Å². The van der Waals surface area contributed by atoms with E-state index < -0.39 is 5.60 Å². The van der Waals surface area contributed by atoms with E-state index in [9.17, 15) is 14.7 Å². The zero-order valence-corrected chi connectivity index (χ0v) is 20.7. The normalized spacial score (nSPS) is 11.7. The second kappa shape index (κ2) is 9.08. The van der Waals surface area contributed by atoms with E-state index in [1.165, 1.54) is 15.9 Å². The summed E-state index contributed by atoms with van der Waals surface area (Å²) in [6, 6.07) is 7.39. The van der Waals surface area contributed by atoms with Crippen molar-refractivity contribution in [3.8, 4) is 16.2 Å². The lowest BCUT2D eigenvalue weighted by atomic mass is 10.1. The molecule has 4 aromatic heterocycles. The van der Waals surface area contributed by atoms with Crippen LogP contribution in [0, 0.1) is 6.92 Å². The molecule has 0 bridgehead atoms. The van der Waals surface area contributed by atoms with Crippen molar-refractivity contribution in [1.82, 2.24) is 19.9 Å². The van der Waals surface area contributed by atoms with E-state index in [-0.39, 0.29) is 18.1 Å². The molecule has 4 rings (SSSR count). The first kappa shape index (κ1) is 23.7. The van der Waals surface area contributed by atoms with Crippen LogP contribution in [-0.4, -0.2) is 32.1 Å². The molecule has 34 heavy (non-hydrogen) atoms. The molecule has 0 radical (unpaired) electrons. The summed E-state index contributed by atoms with van der Waals surface area (Å²) in [4.78, 5) is 34.1. The number of carbonyl (C=O) groups is 1. The molecule has 0 aliphatic rings. The zero-order chi connectivity index (χ0) is 24.6. The maximum Gasteiger partial charge on any atom is 0.274 e. The standard InChI is InChI=1S/C25H28N4O4S/c1-6-26-23(30)18-9-16-17(12-29(5)24(31)21(16)28-18)22-19(10-20(34-22)25(3,4)32)33-13-15-8-7-14(2)11-27-15/h7-12,28,32H,6,13H2,1-5H3,(H,26,30). The van der Waals surface area contributed by atoms with E-state index in [4.69, 9.17) is 4.74 Å². The molecular weight excluding hydrogens is 452 g/mol. The highest BCUT2D eigenvalue weighted by Gasteiger charge is 2.25. The highest BCUT2D eigenvalue weighted by molar-refractivity contribution is 7.16. The molecule has 0 aliphatic heterocycles. The molecule has 0 saturated carbocycles. The van der Waals surface area contributed by atoms with Gasteiger partial charge in [0.15, 0.2) is 0 Å². The number of thiophene rings is 1. The number of aromatic nitrogens is 3.